The van der Waals surface area contributed by atoms with Gasteiger partial charge in [-0.2, -0.15) is 0 Å². The zero-order valence-electron chi connectivity index (χ0n) is 10.2. The SMILES string of the molecule is O=C(O)CCCC(=O)NCCC1CCNCC1. The number of nitrogens with one attached hydrogen (secondary N) is 2. The molecule has 0 atom stereocenters. The largest absolute Gasteiger partial charge is 0.481 e. The highest BCUT2D eigenvalue weighted by Gasteiger charge is 2.12. The van der Waals surface area contributed by atoms with E-state index in [0.29, 0.717) is 12.8 Å². The third-order valence-electron chi connectivity index (χ3n) is 3.13. The molecule has 1 aliphatic rings. The number of hydrogen-bond donors (Lipinski definition) is 3. The van der Waals surface area contributed by atoms with Crippen molar-refractivity contribution in [3.8, 4) is 0 Å². The molecule has 1 fully saturated rings. The number of carbonyl (C=O) groups is 2. The van der Waals surface area contributed by atoms with Crippen LogP contribution in [0.2, 0.25) is 0 Å². The average Bonchev–Trinajstić information content (AvgIpc) is 2.30. The van der Waals surface area contributed by atoms with Crippen LogP contribution in [0.4, 0.5) is 0 Å². The van der Waals surface area contributed by atoms with E-state index in [-0.39, 0.29) is 12.3 Å². The second kappa shape index (κ2) is 8.06. The third kappa shape index (κ3) is 6.94. The topological polar surface area (TPSA) is 78.4 Å². The van der Waals surface area contributed by atoms with Crippen LogP contribution < -0.4 is 10.6 Å². The lowest BCUT2D eigenvalue weighted by molar-refractivity contribution is -0.137. The molecule has 1 heterocycles. The van der Waals surface area contributed by atoms with E-state index >= 15 is 0 Å². The standard InChI is InChI=1S/C12H22N2O3/c15-11(2-1-3-12(16)17)14-9-6-10-4-7-13-8-5-10/h10,13H,1-9H2,(H,14,15)(H,16,17). The smallest absolute Gasteiger partial charge is 0.303 e. The molecule has 98 valence electrons. The van der Waals surface area contributed by atoms with Crippen molar-refractivity contribution in [2.45, 2.75) is 38.5 Å². The molecule has 0 radical (unpaired) electrons. The molecule has 0 aromatic carbocycles. The molecule has 3 N–H and O–H groups in total. The molecular formula is C12H22N2O3. The summed E-state index contributed by atoms with van der Waals surface area (Å²) in [5.74, 6) is -0.150. The number of amides is 1. The van der Waals surface area contributed by atoms with Crippen LogP contribution in [0.15, 0.2) is 0 Å². The van der Waals surface area contributed by atoms with Crippen LogP contribution in [-0.2, 0) is 9.59 Å². The van der Waals surface area contributed by atoms with E-state index in [4.69, 9.17) is 5.11 Å². The van der Waals surface area contributed by atoms with E-state index < -0.39 is 5.97 Å². The second-order valence-electron chi connectivity index (χ2n) is 4.58. The van der Waals surface area contributed by atoms with Gasteiger partial charge >= 0.3 is 5.97 Å². The quantitative estimate of drug-likeness (QED) is 0.615. The summed E-state index contributed by atoms with van der Waals surface area (Å²) in [6.07, 6.45) is 4.23. The number of carboxylic acid groups (broad SMARTS) is 1. The highest BCUT2D eigenvalue weighted by atomic mass is 16.4. The van der Waals surface area contributed by atoms with E-state index in [1.165, 1.54) is 12.8 Å². The summed E-state index contributed by atoms with van der Waals surface area (Å²) >= 11 is 0. The summed E-state index contributed by atoms with van der Waals surface area (Å²) in [5.41, 5.74) is 0. The monoisotopic (exact) mass is 242 g/mol. The molecule has 0 bridgehead atoms. The van der Waals surface area contributed by atoms with Crippen LogP contribution in [0, 0.1) is 5.92 Å². The van der Waals surface area contributed by atoms with Gasteiger partial charge in [0.05, 0.1) is 0 Å². The summed E-state index contributed by atoms with van der Waals surface area (Å²) in [7, 11) is 0. The number of rotatable bonds is 7. The summed E-state index contributed by atoms with van der Waals surface area (Å²) in [4.78, 5) is 21.6. The molecule has 1 aliphatic heterocycles. The molecule has 5 heteroatoms. The first-order valence-corrected chi connectivity index (χ1v) is 6.37. The summed E-state index contributed by atoms with van der Waals surface area (Å²) in [5, 5.41) is 14.6. The predicted molar refractivity (Wildman–Crippen MR) is 64.7 cm³/mol. The molecule has 1 rings (SSSR count). The van der Waals surface area contributed by atoms with E-state index in [9.17, 15) is 9.59 Å². The molecule has 0 aromatic rings. The highest BCUT2D eigenvalue weighted by molar-refractivity contribution is 5.76. The first-order chi connectivity index (χ1) is 8.18. The van der Waals surface area contributed by atoms with Crippen LogP contribution in [0.25, 0.3) is 0 Å². The summed E-state index contributed by atoms with van der Waals surface area (Å²) in [6.45, 7) is 2.88. The molecule has 0 unspecified atom stereocenters. The van der Waals surface area contributed by atoms with Crippen LogP contribution in [0.5, 0.6) is 0 Å². The van der Waals surface area contributed by atoms with Crippen molar-refractivity contribution < 1.29 is 14.7 Å². The van der Waals surface area contributed by atoms with Gasteiger partial charge in [-0.15, -0.1) is 0 Å². The summed E-state index contributed by atoms with van der Waals surface area (Å²) in [6, 6.07) is 0. The van der Waals surface area contributed by atoms with Gasteiger partial charge in [0, 0.05) is 19.4 Å². The number of aliphatic carboxylic acids is 1. The van der Waals surface area contributed by atoms with Crippen molar-refractivity contribution in [3.05, 3.63) is 0 Å². The maximum atomic E-state index is 11.3. The molecule has 1 amide bonds. The zero-order valence-corrected chi connectivity index (χ0v) is 10.2. The average molecular weight is 242 g/mol. The maximum Gasteiger partial charge on any atom is 0.303 e. The molecule has 0 aliphatic carbocycles. The lowest BCUT2D eigenvalue weighted by Crippen LogP contribution is -2.31. The van der Waals surface area contributed by atoms with Crippen LogP contribution in [-0.4, -0.2) is 36.6 Å². The minimum atomic E-state index is -0.840. The Labute approximate surface area is 102 Å². The van der Waals surface area contributed by atoms with Crippen molar-refractivity contribution in [2.75, 3.05) is 19.6 Å². The molecular weight excluding hydrogens is 220 g/mol. The van der Waals surface area contributed by atoms with E-state index in [1.54, 1.807) is 0 Å². The Morgan fingerprint density at radius 2 is 1.94 bits per heavy atom. The normalized spacial score (nSPS) is 16.7. The number of hydrogen-bond acceptors (Lipinski definition) is 3. The lowest BCUT2D eigenvalue weighted by Gasteiger charge is -2.22. The number of piperidine rings is 1. The van der Waals surface area contributed by atoms with Gasteiger partial charge < -0.3 is 15.7 Å². The molecule has 0 aromatic heterocycles. The molecule has 0 spiro atoms. The van der Waals surface area contributed by atoms with Gasteiger partial charge in [0.1, 0.15) is 0 Å². The Kier molecular flexibility index (Phi) is 6.62. The van der Waals surface area contributed by atoms with Gasteiger partial charge in [-0.1, -0.05) is 0 Å². The first-order valence-electron chi connectivity index (χ1n) is 6.37. The fourth-order valence-electron chi connectivity index (χ4n) is 2.07. The molecule has 5 nitrogen and oxygen atoms in total. The molecule has 17 heavy (non-hydrogen) atoms. The third-order valence-corrected chi connectivity index (χ3v) is 3.13. The number of carbonyl (C=O) groups excluding carboxylic acids is 1. The van der Waals surface area contributed by atoms with Crippen molar-refractivity contribution in [2.24, 2.45) is 5.92 Å². The van der Waals surface area contributed by atoms with Crippen molar-refractivity contribution >= 4 is 11.9 Å². The predicted octanol–water partition coefficient (Wildman–Crippen LogP) is 0.747. The Morgan fingerprint density at radius 3 is 2.59 bits per heavy atom. The van der Waals surface area contributed by atoms with Crippen LogP contribution >= 0.6 is 0 Å². The maximum absolute atomic E-state index is 11.3. The fourth-order valence-corrected chi connectivity index (χ4v) is 2.07. The Bertz CT molecular complexity index is 250. The second-order valence-corrected chi connectivity index (χ2v) is 4.58. The molecule has 1 saturated heterocycles. The summed E-state index contributed by atoms with van der Waals surface area (Å²) < 4.78 is 0. The van der Waals surface area contributed by atoms with Crippen LogP contribution in [0.3, 0.4) is 0 Å². The van der Waals surface area contributed by atoms with Crippen molar-refractivity contribution in [1.29, 1.82) is 0 Å². The molecule has 0 saturated carbocycles. The van der Waals surface area contributed by atoms with Gasteiger partial charge in [0.2, 0.25) is 5.91 Å². The highest BCUT2D eigenvalue weighted by Crippen LogP contribution is 2.14. The van der Waals surface area contributed by atoms with Crippen molar-refractivity contribution in [3.63, 3.8) is 0 Å². The first kappa shape index (κ1) is 14.0. The minimum Gasteiger partial charge on any atom is -0.481 e. The van der Waals surface area contributed by atoms with Gasteiger partial charge in [-0.3, -0.25) is 9.59 Å². The van der Waals surface area contributed by atoms with E-state index in [1.807, 2.05) is 0 Å². The zero-order chi connectivity index (χ0) is 12.5. The number of carboxylic acids is 1. The minimum absolute atomic E-state index is 0.0276. The van der Waals surface area contributed by atoms with Crippen LogP contribution in [0.1, 0.15) is 38.5 Å². The van der Waals surface area contributed by atoms with Gasteiger partial charge in [0.15, 0.2) is 0 Å². The Balaban J connectivity index is 1.97. The van der Waals surface area contributed by atoms with E-state index in [0.717, 1.165) is 32.0 Å². The van der Waals surface area contributed by atoms with Crippen molar-refractivity contribution in [1.82, 2.24) is 10.6 Å². The van der Waals surface area contributed by atoms with Gasteiger partial charge in [0.25, 0.3) is 0 Å². The Hall–Kier alpha value is -1.10. The Morgan fingerprint density at radius 1 is 1.24 bits per heavy atom. The van der Waals surface area contributed by atoms with E-state index in [2.05, 4.69) is 10.6 Å². The fraction of sp³-hybridized carbons (Fsp3) is 0.833. The lowest BCUT2D eigenvalue weighted by atomic mass is 9.95. The van der Waals surface area contributed by atoms with Gasteiger partial charge in [-0.25, -0.2) is 0 Å². The van der Waals surface area contributed by atoms with Gasteiger partial charge in [-0.05, 0) is 44.7 Å².